The Bertz CT molecular complexity index is 51.5. The number of hydrogen-bond donors (Lipinski definition) is 2. The summed E-state index contributed by atoms with van der Waals surface area (Å²) in [6.45, 7) is 6.09. The molecule has 0 rings (SSSR count). The summed E-state index contributed by atoms with van der Waals surface area (Å²) in [6, 6.07) is 0.269. The number of nitrogens with two attached hydrogens (primary N) is 2. The van der Waals surface area contributed by atoms with Gasteiger partial charge in [-0.2, -0.15) is 0 Å². The summed E-state index contributed by atoms with van der Waals surface area (Å²) in [5.74, 6) is 0.495. The van der Waals surface area contributed by atoms with Gasteiger partial charge in [-0.1, -0.05) is 13.8 Å². The van der Waals surface area contributed by atoms with Crippen molar-refractivity contribution in [2.45, 2.75) is 32.9 Å². The molecule has 0 saturated carbocycles. The van der Waals surface area contributed by atoms with Gasteiger partial charge in [0.25, 0.3) is 0 Å². The maximum atomic E-state index is 5.63. The molecule has 2 nitrogen and oxygen atoms in total. The molecule has 0 aliphatic rings. The summed E-state index contributed by atoms with van der Waals surface area (Å²) < 4.78 is 0. The van der Waals surface area contributed by atoms with E-state index >= 15 is 0 Å². The van der Waals surface area contributed by atoms with Gasteiger partial charge >= 0.3 is 0 Å². The second-order valence-electron chi connectivity index (χ2n) is 2.68. The highest BCUT2D eigenvalue weighted by Crippen LogP contribution is 1.99. The van der Waals surface area contributed by atoms with E-state index < -0.39 is 0 Å². The van der Waals surface area contributed by atoms with Crippen molar-refractivity contribution in [2.24, 2.45) is 17.4 Å². The molecule has 0 aromatic rings. The summed E-state index contributed by atoms with van der Waals surface area (Å²) in [4.78, 5) is 0. The van der Waals surface area contributed by atoms with Crippen LogP contribution in [-0.4, -0.2) is 12.1 Å². The van der Waals surface area contributed by atoms with Crippen molar-refractivity contribution in [1.29, 1.82) is 0 Å². The molecule has 8 heavy (non-hydrogen) atoms. The Kier molecular flexibility index (Phi) is 3.02. The van der Waals surface area contributed by atoms with E-state index in [1.807, 2.05) is 6.92 Å². The lowest BCUT2D eigenvalue weighted by Crippen LogP contribution is -2.42. The minimum absolute atomic E-state index is 0.120. The quantitative estimate of drug-likeness (QED) is 0.546. The predicted molar refractivity (Wildman–Crippen MR) is 36.5 cm³/mol. The highest BCUT2D eigenvalue weighted by atomic mass is 14.8. The van der Waals surface area contributed by atoms with Gasteiger partial charge in [-0.15, -0.1) is 0 Å². The van der Waals surface area contributed by atoms with Gasteiger partial charge in [0.05, 0.1) is 0 Å². The monoisotopic (exact) mass is 116 g/mol. The third-order valence-electron chi connectivity index (χ3n) is 1.38. The Labute approximate surface area is 51.2 Å². The summed E-state index contributed by atoms with van der Waals surface area (Å²) in [5, 5.41) is 0. The van der Waals surface area contributed by atoms with Crippen molar-refractivity contribution < 1.29 is 0 Å². The van der Waals surface area contributed by atoms with Crippen LogP contribution >= 0.6 is 0 Å². The molecule has 2 atom stereocenters. The molecule has 0 spiro atoms. The minimum atomic E-state index is 0.120. The first-order valence-corrected chi connectivity index (χ1v) is 3.07. The summed E-state index contributed by atoms with van der Waals surface area (Å²) in [7, 11) is 0. The molecular formula is C6H16N2. The van der Waals surface area contributed by atoms with Crippen LogP contribution in [-0.2, 0) is 0 Å². The molecule has 0 radical (unpaired) electrons. The Morgan fingerprint density at radius 2 is 1.38 bits per heavy atom. The van der Waals surface area contributed by atoms with Crippen molar-refractivity contribution in [3.8, 4) is 0 Å². The standard InChI is InChI=1S/C6H16N2/c1-4(2)6(8)5(3)7/h4-6H,7-8H2,1-3H3. The molecule has 2 unspecified atom stereocenters. The molecule has 0 fully saturated rings. The van der Waals surface area contributed by atoms with Crippen LogP contribution in [0.15, 0.2) is 0 Å². The molecule has 0 aliphatic heterocycles. The zero-order chi connectivity index (χ0) is 6.73. The van der Waals surface area contributed by atoms with Crippen LogP contribution in [0.4, 0.5) is 0 Å². The van der Waals surface area contributed by atoms with Crippen molar-refractivity contribution in [3.05, 3.63) is 0 Å². The zero-order valence-corrected chi connectivity index (χ0v) is 5.89. The summed E-state index contributed by atoms with van der Waals surface area (Å²) >= 11 is 0. The zero-order valence-electron chi connectivity index (χ0n) is 5.89. The molecule has 0 aromatic carbocycles. The van der Waals surface area contributed by atoms with Crippen molar-refractivity contribution in [2.75, 3.05) is 0 Å². The SMILES string of the molecule is CC(C)C(N)C(C)N. The maximum absolute atomic E-state index is 5.63. The first-order chi connectivity index (χ1) is 3.55. The van der Waals surface area contributed by atoms with Gasteiger partial charge in [-0.3, -0.25) is 0 Å². The molecule has 0 bridgehead atoms. The van der Waals surface area contributed by atoms with Gasteiger partial charge in [-0.05, 0) is 12.8 Å². The second-order valence-corrected chi connectivity index (χ2v) is 2.68. The summed E-state index contributed by atoms with van der Waals surface area (Å²) in [6.07, 6.45) is 0. The van der Waals surface area contributed by atoms with Crippen molar-refractivity contribution >= 4 is 0 Å². The molecular weight excluding hydrogens is 100 g/mol. The average Bonchev–Trinajstić information content (AvgIpc) is 1.64. The number of rotatable bonds is 2. The molecule has 50 valence electrons. The van der Waals surface area contributed by atoms with Crippen LogP contribution in [0, 0.1) is 5.92 Å². The lowest BCUT2D eigenvalue weighted by molar-refractivity contribution is 0.433. The first-order valence-electron chi connectivity index (χ1n) is 3.07. The van der Waals surface area contributed by atoms with Crippen LogP contribution in [0.3, 0.4) is 0 Å². The van der Waals surface area contributed by atoms with Crippen LogP contribution < -0.4 is 11.5 Å². The van der Waals surface area contributed by atoms with Gasteiger partial charge in [-0.25, -0.2) is 0 Å². The number of hydrogen-bond acceptors (Lipinski definition) is 2. The van der Waals surface area contributed by atoms with E-state index in [-0.39, 0.29) is 12.1 Å². The third kappa shape index (κ3) is 2.28. The van der Waals surface area contributed by atoms with Crippen molar-refractivity contribution in [1.82, 2.24) is 0 Å². The highest BCUT2D eigenvalue weighted by molar-refractivity contribution is 4.73. The van der Waals surface area contributed by atoms with Crippen molar-refractivity contribution in [3.63, 3.8) is 0 Å². The fraction of sp³-hybridized carbons (Fsp3) is 1.00. The van der Waals surface area contributed by atoms with E-state index in [0.717, 1.165) is 0 Å². The smallest absolute Gasteiger partial charge is 0.0212 e. The fourth-order valence-electron chi connectivity index (χ4n) is 0.607. The lowest BCUT2D eigenvalue weighted by atomic mass is 10.00. The highest BCUT2D eigenvalue weighted by Gasteiger charge is 2.10. The van der Waals surface area contributed by atoms with Crippen LogP contribution in [0.25, 0.3) is 0 Å². The topological polar surface area (TPSA) is 52.0 Å². The molecule has 2 heteroatoms. The minimum Gasteiger partial charge on any atom is -0.327 e. The van der Waals surface area contributed by atoms with Gasteiger partial charge in [0, 0.05) is 12.1 Å². The Hall–Kier alpha value is -0.0800. The van der Waals surface area contributed by atoms with E-state index in [2.05, 4.69) is 13.8 Å². The molecule has 0 aliphatic carbocycles. The van der Waals surface area contributed by atoms with Gasteiger partial charge < -0.3 is 11.5 Å². The van der Waals surface area contributed by atoms with Crippen LogP contribution in [0.1, 0.15) is 20.8 Å². The van der Waals surface area contributed by atoms with Gasteiger partial charge in [0.1, 0.15) is 0 Å². The molecule has 0 amide bonds. The molecule has 4 N–H and O–H groups in total. The Morgan fingerprint density at radius 1 is 1.00 bits per heavy atom. The normalized spacial score (nSPS) is 18.8. The van der Waals surface area contributed by atoms with Crippen LogP contribution in [0.5, 0.6) is 0 Å². The lowest BCUT2D eigenvalue weighted by Gasteiger charge is -2.18. The molecule has 0 aromatic heterocycles. The molecule has 0 saturated heterocycles. The largest absolute Gasteiger partial charge is 0.327 e. The van der Waals surface area contributed by atoms with E-state index in [9.17, 15) is 0 Å². The van der Waals surface area contributed by atoms with E-state index in [1.54, 1.807) is 0 Å². The third-order valence-corrected chi connectivity index (χ3v) is 1.38. The Balaban J connectivity index is 3.46. The van der Waals surface area contributed by atoms with Gasteiger partial charge in [0.2, 0.25) is 0 Å². The summed E-state index contributed by atoms with van der Waals surface area (Å²) in [5.41, 5.74) is 11.1. The van der Waals surface area contributed by atoms with E-state index in [4.69, 9.17) is 11.5 Å². The molecule has 0 heterocycles. The van der Waals surface area contributed by atoms with E-state index in [1.165, 1.54) is 0 Å². The van der Waals surface area contributed by atoms with Gasteiger partial charge in [0.15, 0.2) is 0 Å². The first kappa shape index (κ1) is 7.92. The second kappa shape index (κ2) is 3.05. The van der Waals surface area contributed by atoms with E-state index in [0.29, 0.717) is 5.92 Å². The Morgan fingerprint density at radius 3 is 1.38 bits per heavy atom. The van der Waals surface area contributed by atoms with Crippen LogP contribution in [0.2, 0.25) is 0 Å². The predicted octanol–water partition coefficient (Wildman–Crippen LogP) is 0.317. The average molecular weight is 116 g/mol. The maximum Gasteiger partial charge on any atom is 0.0212 e. The fourth-order valence-corrected chi connectivity index (χ4v) is 0.607.